The van der Waals surface area contributed by atoms with Crippen LogP contribution in [0.1, 0.15) is 48.0 Å². The van der Waals surface area contributed by atoms with Crippen LogP contribution >= 0.6 is 0 Å². The Kier molecular flexibility index (Phi) is 6.16. The maximum atomic E-state index is 12.6. The Balaban J connectivity index is 1.43. The Hall–Kier alpha value is -3.41. The van der Waals surface area contributed by atoms with Crippen LogP contribution in [-0.4, -0.2) is 21.6 Å². The van der Waals surface area contributed by atoms with Gasteiger partial charge in [0, 0.05) is 35.8 Å². The zero-order valence-corrected chi connectivity index (χ0v) is 18.0. The van der Waals surface area contributed by atoms with Gasteiger partial charge in [-0.2, -0.15) is 5.10 Å². The molecule has 1 heterocycles. The van der Waals surface area contributed by atoms with Gasteiger partial charge in [-0.3, -0.25) is 14.3 Å². The summed E-state index contributed by atoms with van der Waals surface area (Å²) in [5.74, 6) is 0.755. The van der Waals surface area contributed by atoms with Crippen molar-refractivity contribution in [1.82, 2.24) is 9.78 Å². The third kappa shape index (κ3) is 4.85. The van der Waals surface area contributed by atoms with Crippen LogP contribution in [-0.2, 0) is 11.8 Å². The fourth-order valence-electron chi connectivity index (χ4n) is 4.07. The number of hydrogen-bond donors (Lipinski definition) is 2. The number of nitrogens with zero attached hydrogens (tertiary/aromatic N) is 2. The van der Waals surface area contributed by atoms with Gasteiger partial charge in [0.05, 0.1) is 5.69 Å². The van der Waals surface area contributed by atoms with Gasteiger partial charge < -0.3 is 10.6 Å². The molecule has 1 aliphatic carbocycles. The maximum Gasteiger partial charge on any atom is 0.255 e. The molecule has 0 radical (unpaired) electrons. The van der Waals surface area contributed by atoms with Crippen LogP contribution in [0.15, 0.2) is 54.6 Å². The number of amides is 2. The number of aryl methyl sites for hydroxylation is 2. The SMILES string of the molecule is Cc1ccccc1C(=O)Nc1ccc(-c2cc(NC(=O)C3CCCCC3)n(C)n2)cc1. The molecule has 0 unspecified atom stereocenters. The first-order valence-corrected chi connectivity index (χ1v) is 10.8. The van der Waals surface area contributed by atoms with E-state index in [1.54, 1.807) is 4.68 Å². The highest BCUT2D eigenvalue weighted by molar-refractivity contribution is 6.05. The van der Waals surface area contributed by atoms with Gasteiger partial charge in [-0.05, 0) is 43.5 Å². The van der Waals surface area contributed by atoms with Crippen LogP contribution in [0.25, 0.3) is 11.3 Å². The summed E-state index contributed by atoms with van der Waals surface area (Å²) >= 11 is 0. The fourth-order valence-corrected chi connectivity index (χ4v) is 4.07. The molecule has 0 spiro atoms. The molecule has 2 N–H and O–H groups in total. The molecule has 2 amide bonds. The van der Waals surface area contributed by atoms with Crippen molar-refractivity contribution in [2.24, 2.45) is 13.0 Å². The molecule has 4 rings (SSSR count). The molecular weight excluding hydrogens is 388 g/mol. The quantitative estimate of drug-likeness (QED) is 0.603. The van der Waals surface area contributed by atoms with Crippen LogP contribution < -0.4 is 10.6 Å². The molecule has 6 heteroatoms. The van der Waals surface area contributed by atoms with Crippen LogP contribution in [0.4, 0.5) is 11.5 Å². The number of nitrogens with one attached hydrogen (secondary N) is 2. The van der Waals surface area contributed by atoms with Gasteiger partial charge in [-0.15, -0.1) is 0 Å². The van der Waals surface area contributed by atoms with Crippen LogP contribution in [0.5, 0.6) is 0 Å². The van der Waals surface area contributed by atoms with Crippen molar-refractivity contribution in [2.45, 2.75) is 39.0 Å². The Morgan fingerprint density at radius 2 is 1.68 bits per heavy atom. The minimum atomic E-state index is -0.128. The highest BCUT2D eigenvalue weighted by Crippen LogP contribution is 2.27. The standard InChI is InChI=1S/C25H28N4O2/c1-17-8-6-7-11-21(17)25(31)26-20-14-12-18(13-15-20)22-16-23(29(2)28-22)27-24(30)19-9-4-3-5-10-19/h6-8,11-16,19H,3-5,9-10H2,1-2H3,(H,26,31)(H,27,30). The van der Waals surface area contributed by atoms with Crippen molar-refractivity contribution in [3.8, 4) is 11.3 Å². The molecule has 2 aromatic carbocycles. The molecule has 1 aromatic heterocycles. The summed E-state index contributed by atoms with van der Waals surface area (Å²) < 4.78 is 1.70. The lowest BCUT2D eigenvalue weighted by Gasteiger charge is -2.20. The summed E-state index contributed by atoms with van der Waals surface area (Å²) in [6.45, 7) is 1.92. The van der Waals surface area contributed by atoms with E-state index in [4.69, 9.17) is 0 Å². The van der Waals surface area contributed by atoms with Gasteiger partial charge in [-0.25, -0.2) is 0 Å². The monoisotopic (exact) mass is 416 g/mol. The van der Waals surface area contributed by atoms with Gasteiger partial charge in [0.15, 0.2) is 0 Å². The number of rotatable bonds is 5. The second kappa shape index (κ2) is 9.16. The minimum Gasteiger partial charge on any atom is -0.322 e. The topological polar surface area (TPSA) is 76.0 Å². The number of carbonyl (C=O) groups excluding carboxylic acids is 2. The molecule has 31 heavy (non-hydrogen) atoms. The largest absolute Gasteiger partial charge is 0.322 e. The van der Waals surface area contributed by atoms with E-state index in [0.29, 0.717) is 11.4 Å². The van der Waals surface area contributed by atoms with E-state index in [0.717, 1.165) is 48.2 Å². The van der Waals surface area contributed by atoms with Crippen LogP contribution in [0, 0.1) is 12.8 Å². The van der Waals surface area contributed by atoms with Crippen LogP contribution in [0.2, 0.25) is 0 Å². The summed E-state index contributed by atoms with van der Waals surface area (Å²) in [5.41, 5.74) is 4.02. The first-order valence-electron chi connectivity index (χ1n) is 10.8. The van der Waals surface area contributed by atoms with Crippen LogP contribution in [0.3, 0.4) is 0 Å². The average Bonchev–Trinajstić information content (AvgIpc) is 3.15. The van der Waals surface area contributed by atoms with Gasteiger partial charge in [0.1, 0.15) is 5.82 Å². The summed E-state index contributed by atoms with van der Waals surface area (Å²) in [6, 6.07) is 17.0. The van der Waals surface area contributed by atoms with E-state index in [2.05, 4.69) is 15.7 Å². The van der Waals surface area contributed by atoms with E-state index in [1.807, 2.05) is 68.6 Å². The van der Waals surface area contributed by atoms with E-state index >= 15 is 0 Å². The first-order chi connectivity index (χ1) is 15.0. The third-order valence-corrected chi connectivity index (χ3v) is 5.94. The molecule has 160 valence electrons. The Morgan fingerprint density at radius 3 is 2.39 bits per heavy atom. The Labute approximate surface area is 182 Å². The number of benzene rings is 2. The van der Waals surface area contributed by atoms with Crippen molar-refractivity contribution in [1.29, 1.82) is 0 Å². The lowest BCUT2D eigenvalue weighted by molar-refractivity contribution is -0.120. The van der Waals surface area contributed by atoms with Crippen molar-refractivity contribution in [2.75, 3.05) is 10.6 Å². The average molecular weight is 417 g/mol. The normalized spacial score (nSPS) is 14.3. The van der Waals surface area contributed by atoms with Crippen molar-refractivity contribution >= 4 is 23.3 Å². The molecule has 1 aliphatic rings. The molecule has 0 aliphatic heterocycles. The minimum absolute atomic E-state index is 0.0866. The predicted octanol–water partition coefficient (Wildman–Crippen LogP) is 5.17. The van der Waals surface area contributed by atoms with E-state index < -0.39 is 0 Å². The molecule has 0 saturated heterocycles. The van der Waals surface area contributed by atoms with Gasteiger partial charge in [-0.1, -0.05) is 49.6 Å². The zero-order valence-electron chi connectivity index (χ0n) is 18.0. The number of anilines is 2. The van der Waals surface area contributed by atoms with Crippen molar-refractivity contribution in [3.05, 3.63) is 65.7 Å². The molecule has 1 saturated carbocycles. The van der Waals surface area contributed by atoms with Crippen molar-refractivity contribution < 1.29 is 9.59 Å². The maximum absolute atomic E-state index is 12.6. The number of carbonyl (C=O) groups is 2. The lowest BCUT2D eigenvalue weighted by atomic mass is 9.89. The molecule has 0 bridgehead atoms. The molecule has 0 atom stereocenters. The van der Waals surface area contributed by atoms with Gasteiger partial charge in [0.2, 0.25) is 5.91 Å². The fraction of sp³-hybridized carbons (Fsp3) is 0.320. The highest BCUT2D eigenvalue weighted by Gasteiger charge is 2.22. The number of aromatic nitrogens is 2. The first kappa shape index (κ1) is 20.8. The summed E-state index contributed by atoms with van der Waals surface area (Å²) in [5, 5.41) is 10.5. The van der Waals surface area contributed by atoms with E-state index in [1.165, 1.54) is 6.42 Å². The second-order valence-electron chi connectivity index (χ2n) is 8.21. The van der Waals surface area contributed by atoms with Gasteiger partial charge >= 0.3 is 0 Å². The van der Waals surface area contributed by atoms with Crippen molar-refractivity contribution in [3.63, 3.8) is 0 Å². The predicted molar refractivity (Wildman–Crippen MR) is 123 cm³/mol. The molecule has 3 aromatic rings. The summed E-state index contributed by atoms with van der Waals surface area (Å²) in [7, 11) is 1.83. The lowest BCUT2D eigenvalue weighted by Crippen LogP contribution is -2.25. The molecule has 6 nitrogen and oxygen atoms in total. The smallest absolute Gasteiger partial charge is 0.255 e. The van der Waals surface area contributed by atoms with Gasteiger partial charge in [0.25, 0.3) is 5.91 Å². The highest BCUT2D eigenvalue weighted by atomic mass is 16.2. The molecular formula is C25H28N4O2. The zero-order chi connectivity index (χ0) is 21.8. The summed E-state index contributed by atoms with van der Waals surface area (Å²) in [4.78, 5) is 25.1. The van der Waals surface area contributed by atoms with E-state index in [-0.39, 0.29) is 17.7 Å². The second-order valence-corrected chi connectivity index (χ2v) is 8.21. The molecule has 1 fully saturated rings. The summed E-state index contributed by atoms with van der Waals surface area (Å²) in [6.07, 6.45) is 5.41. The van der Waals surface area contributed by atoms with E-state index in [9.17, 15) is 9.59 Å². The third-order valence-electron chi connectivity index (χ3n) is 5.94. The number of hydrogen-bond acceptors (Lipinski definition) is 3. The Morgan fingerprint density at radius 1 is 0.968 bits per heavy atom. The Bertz CT molecular complexity index is 1080.